The molecule has 0 aliphatic rings. The van der Waals surface area contributed by atoms with Gasteiger partial charge in [0.1, 0.15) is 6.61 Å². The average Bonchev–Trinajstić information content (AvgIpc) is 2.73. The Bertz CT molecular complexity index is 1030. The quantitative estimate of drug-likeness (QED) is 0.237. The Kier molecular flexibility index (Phi) is 7.65. The van der Waals surface area contributed by atoms with Crippen LogP contribution in [0.3, 0.4) is 0 Å². The van der Waals surface area contributed by atoms with Crippen LogP contribution in [0.25, 0.3) is 0 Å². The number of halogens is 2. The first-order valence-electron chi connectivity index (χ1n) is 8.70. The predicted octanol–water partition coefficient (Wildman–Crippen LogP) is 5.41. The van der Waals surface area contributed by atoms with E-state index in [1.165, 1.54) is 0 Å². The maximum atomic E-state index is 12.2. The lowest BCUT2D eigenvalue weighted by Gasteiger charge is -2.13. The van der Waals surface area contributed by atoms with Crippen molar-refractivity contribution in [2.24, 2.45) is 5.10 Å². The third-order valence-electron chi connectivity index (χ3n) is 3.94. The van der Waals surface area contributed by atoms with Gasteiger partial charge >= 0.3 is 0 Å². The summed E-state index contributed by atoms with van der Waals surface area (Å²) in [6.45, 7) is 0.448. The molecule has 0 radical (unpaired) electrons. The first-order chi connectivity index (χ1) is 14.1. The highest BCUT2D eigenvalue weighted by atomic mass is 127. The van der Waals surface area contributed by atoms with Crippen molar-refractivity contribution in [3.63, 3.8) is 0 Å². The van der Waals surface area contributed by atoms with Crippen molar-refractivity contribution in [1.82, 2.24) is 5.43 Å². The molecule has 0 atom stereocenters. The fourth-order valence-corrected chi connectivity index (χ4v) is 3.72. The highest BCUT2D eigenvalue weighted by Crippen LogP contribution is 2.34. The molecule has 0 saturated carbocycles. The molecular weight excluding hydrogens is 547 g/mol. The van der Waals surface area contributed by atoms with E-state index in [-0.39, 0.29) is 5.91 Å². The van der Waals surface area contributed by atoms with Crippen LogP contribution in [0.2, 0.25) is 0 Å². The maximum Gasteiger partial charge on any atom is 0.271 e. The van der Waals surface area contributed by atoms with E-state index in [0.717, 1.165) is 19.2 Å². The number of ether oxygens (including phenoxy) is 2. The molecular formula is C22H18BrIN2O3. The third kappa shape index (κ3) is 6.04. The number of amides is 1. The second-order valence-electron chi connectivity index (χ2n) is 6.02. The van der Waals surface area contributed by atoms with Crippen LogP contribution in [0, 0.1) is 3.57 Å². The molecule has 0 saturated heterocycles. The summed E-state index contributed by atoms with van der Waals surface area (Å²) in [5.74, 6) is 0.992. The summed E-state index contributed by atoms with van der Waals surface area (Å²) < 4.78 is 13.2. The van der Waals surface area contributed by atoms with Crippen molar-refractivity contribution in [3.8, 4) is 11.5 Å². The standard InChI is InChI=1S/C22H18BrIN2O3/c1-28-20-11-16(13-25-26-22(27)17-8-5-9-18(23)12-17)10-19(24)21(20)29-14-15-6-3-2-4-7-15/h2-13H,14H2,1H3,(H,26,27)/b25-13-. The minimum atomic E-state index is -0.285. The number of hydrogen-bond donors (Lipinski definition) is 1. The maximum absolute atomic E-state index is 12.2. The van der Waals surface area contributed by atoms with Gasteiger partial charge in [-0.3, -0.25) is 4.79 Å². The Labute approximate surface area is 191 Å². The van der Waals surface area contributed by atoms with Crippen LogP contribution in [-0.4, -0.2) is 19.2 Å². The number of methoxy groups -OCH3 is 1. The van der Waals surface area contributed by atoms with E-state index in [0.29, 0.717) is 23.7 Å². The van der Waals surface area contributed by atoms with Crippen LogP contribution < -0.4 is 14.9 Å². The molecule has 29 heavy (non-hydrogen) atoms. The second-order valence-corrected chi connectivity index (χ2v) is 8.10. The van der Waals surface area contributed by atoms with Gasteiger partial charge in [0.05, 0.1) is 16.9 Å². The van der Waals surface area contributed by atoms with Crippen LogP contribution in [0.5, 0.6) is 11.5 Å². The second kappa shape index (κ2) is 10.4. The molecule has 3 aromatic carbocycles. The van der Waals surface area contributed by atoms with Crippen LogP contribution in [0.1, 0.15) is 21.5 Å². The summed E-state index contributed by atoms with van der Waals surface area (Å²) in [6.07, 6.45) is 1.57. The predicted molar refractivity (Wildman–Crippen MR) is 126 cm³/mol. The largest absolute Gasteiger partial charge is 0.493 e. The van der Waals surface area contributed by atoms with Crippen molar-refractivity contribution in [2.75, 3.05) is 7.11 Å². The highest BCUT2D eigenvalue weighted by molar-refractivity contribution is 14.1. The molecule has 1 N–H and O–H groups in total. The van der Waals surface area contributed by atoms with Gasteiger partial charge in [-0.25, -0.2) is 5.43 Å². The summed E-state index contributed by atoms with van der Waals surface area (Å²) in [4.78, 5) is 12.2. The van der Waals surface area contributed by atoms with Crippen molar-refractivity contribution in [1.29, 1.82) is 0 Å². The zero-order valence-corrected chi connectivity index (χ0v) is 19.3. The molecule has 3 rings (SSSR count). The van der Waals surface area contributed by atoms with Crippen molar-refractivity contribution < 1.29 is 14.3 Å². The molecule has 0 aliphatic heterocycles. The normalized spacial score (nSPS) is 10.7. The van der Waals surface area contributed by atoms with Crippen molar-refractivity contribution in [2.45, 2.75) is 6.61 Å². The zero-order valence-electron chi connectivity index (χ0n) is 15.6. The number of benzene rings is 3. The Morgan fingerprint density at radius 3 is 2.66 bits per heavy atom. The fourth-order valence-electron chi connectivity index (χ4n) is 2.54. The minimum absolute atomic E-state index is 0.285. The Morgan fingerprint density at radius 2 is 1.93 bits per heavy atom. The number of rotatable bonds is 7. The molecule has 5 nitrogen and oxygen atoms in total. The van der Waals surface area contributed by atoms with Gasteiger partial charge < -0.3 is 9.47 Å². The number of carbonyl (C=O) groups excluding carboxylic acids is 1. The first kappa shape index (κ1) is 21.3. The van der Waals surface area contributed by atoms with E-state index in [4.69, 9.17) is 9.47 Å². The van der Waals surface area contributed by atoms with Gasteiger partial charge in [-0.2, -0.15) is 5.10 Å². The smallest absolute Gasteiger partial charge is 0.271 e. The van der Waals surface area contributed by atoms with Crippen LogP contribution in [-0.2, 0) is 6.61 Å². The number of hydrogen-bond acceptors (Lipinski definition) is 4. The molecule has 0 fully saturated rings. The van der Waals surface area contributed by atoms with Gasteiger partial charge in [-0.15, -0.1) is 0 Å². The molecule has 1 amide bonds. The summed E-state index contributed by atoms with van der Waals surface area (Å²) in [7, 11) is 1.59. The van der Waals surface area contributed by atoms with Gasteiger partial charge in [-0.05, 0) is 64.0 Å². The Morgan fingerprint density at radius 1 is 1.14 bits per heavy atom. The Balaban J connectivity index is 1.69. The summed E-state index contributed by atoms with van der Waals surface area (Å²) in [5, 5.41) is 4.05. The van der Waals surface area contributed by atoms with Crippen LogP contribution in [0.4, 0.5) is 0 Å². The summed E-state index contributed by atoms with van der Waals surface area (Å²) >= 11 is 5.54. The summed E-state index contributed by atoms with van der Waals surface area (Å²) in [6, 6.07) is 20.8. The lowest BCUT2D eigenvalue weighted by Crippen LogP contribution is -2.17. The number of nitrogens with one attached hydrogen (secondary N) is 1. The van der Waals surface area contributed by atoms with E-state index < -0.39 is 0 Å². The lowest BCUT2D eigenvalue weighted by atomic mass is 10.2. The van der Waals surface area contributed by atoms with Crippen molar-refractivity contribution in [3.05, 3.63) is 91.5 Å². The van der Waals surface area contributed by atoms with Gasteiger partial charge in [0.2, 0.25) is 0 Å². The van der Waals surface area contributed by atoms with Gasteiger partial charge in [0.15, 0.2) is 11.5 Å². The van der Waals surface area contributed by atoms with Crippen molar-refractivity contribution >= 4 is 50.6 Å². The number of carbonyl (C=O) groups is 1. The lowest BCUT2D eigenvalue weighted by molar-refractivity contribution is 0.0955. The summed E-state index contributed by atoms with van der Waals surface area (Å²) in [5.41, 5.74) is 4.91. The molecule has 3 aromatic rings. The average molecular weight is 565 g/mol. The molecule has 0 aromatic heterocycles. The zero-order chi connectivity index (χ0) is 20.6. The topological polar surface area (TPSA) is 59.9 Å². The number of nitrogens with zero attached hydrogens (tertiary/aromatic N) is 1. The van der Waals surface area contributed by atoms with Crippen LogP contribution in [0.15, 0.2) is 76.3 Å². The van der Waals surface area contributed by atoms with E-state index in [2.05, 4.69) is 49.0 Å². The molecule has 148 valence electrons. The Hall–Kier alpha value is -2.39. The first-order valence-corrected chi connectivity index (χ1v) is 10.6. The van der Waals surface area contributed by atoms with Gasteiger partial charge in [0.25, 0.3) is 5.91 Å². The molecule has 0 aliphatic carbocycles. The highest BCUT2D eigenvalue weighted by Gasteiger charge is 2.12. The van der Waals surface area contributed by atoms with E-state index in [1.807, 2.05) is 48.5 Å². The molecule has 7 heteroatoms. The van der Waals surface area contributed by atoms with Gasteiger partial charge in [0, 0.05) is 10.0 Å². The van der Waals surface area contributed by atoms with E-state index in [9.17, 15) is 4.79 Å². The van der Waals surface area contributed by atoms with Gasteiger partial charge in [-0.1, -0.05) is 52.3 Å². The third-order valence-corrected chi connectivity index (χ3v) is 5.24. The number of hydrazone groups is 1. The molecule has 0 spiro atoms. The monoisotopic (exact) mass is 564 g/mol. The molecule has 0 unspecified atom stereocenters. The van der Waals surface area contributed by atoms with E-state index >= 15 is 0 Å². The molecule has 0 bridgehead atoms. The SMILES string of the molecule is COc1cc(/C=N\NC(=O)c2cccc(Br)c2)cc(I)c1OCc1ccccc1. The van der Waals surface area contributed by atoms with E-state index in [1.54, 1.807) is 31.5 Å². The molecule has 0 heterocycles. The fraction of sp³-hybridized carbons (Fsp3) is 0.0909. The van der Waals surface area contributed by atoms with Crippen LogP contribution >= 0.6 is 38.5 Å². The minimum Gasteiger partial charge on any atom is -0.493 e.